The molecule has 1 amide bonds. The molecule has 0 aromatic heterocycles. The van der Waals surface area contributed by atoms with Crippen LogP contribution in [-0.4, -0.2) is 26.0 Å². The van der Waals surface area contributed by atoms with Gasteiger partial charge in [-0.25, -0.2) is 0 Å². The maximum atomic E-state index is 11.8. The molecule has 138 valence electrons. The van der Waals surface area contributed by atoms with E-state index in [9.17, 15) is 30.1 Å². The SMILES string of the molecule is O=C(/C=C/c1ccc([N+](=O)[O-])cc1)NC(=S)Nc1ccc([N+](=O)[O-])cc1O. The second-order valence-corrected chi connectivity index (χ2v) is 5.49. The van der Waals surface area contributed by atoms with Gasteiger partial charge in [0.25, 0.3) is 11.4 Å². The van der Waals surface area contributed by atoms with E-state index in [1.54, 1.807) is 0 Å². The van der Waals surface area contributed by atoms with Crippen molar-refractivity contribution in [3.05, 3.63) is 74.3 Å². The highest BCUT2D eigenvalue weighted by atomic mass is 32.1. The van der Waals surface area contributed by atoms with Crippen molar-refractivity contribution in [1.29, 1.82) is 0 Å². The molecule has 0 radical (unpaired) electrons. The molecule has 0 saturated carbocycles. The minimum absolute atomic E-state index is 0.0649. The molecular weight excluding hydrogens is 376 g/mol. The van der Waals surface area contributed by atoms with Gasteiger partial charge in [0.1, 0.15) is 5.75 Å². The van der Waals surface area contributed by atoms with E-state index < -0.39 is 21.5 Å². The van der Waals surface area contributed by atoms with Crippen LogP contribution in [0.1, 0.15) is 5.56 Å². The minimum atomic E-state index is -0.660. The molecule has 0 fully saturated rings. The highest BCUT2D eigenvalue weighted by Crippen LogP contribution is 2.27. The number of carbonyl (C=O) groups is 1. The first-order valence-corrected chi connectivity index (χ1v) is 7.69. The molecule has 2 aromatic carbocycles. The van der Waals surface area contributed by atoms with Crippen LogP contribution in [0.2, 0.25) is 0 Å². The third-order valence-electron chi connectivity index (χ3n) is 3.21. The highest BCUT2D eigenvalue weighted by molar-refractivity contribution is 7.80. The number of phenolic OH excluding ortho intramolecular Hbond substituents is 1. The molecule has 0 aliphatic heterocycles. The lowest BCUT2D eigenvalue weighted by Gasteiger charge is -2.09. The Balaban J connectivity index is 1.94. The molecule has 0 atom stereocenters. The molecule has 27 heavy (non-hydrogen) atoms. The summed E-state index contributed by atoms with van der Waals surface area (Å²) in [4.78, 5) is 31.8. The van der Waals surface area contributed by atoms with Gasteiger partial charge in [-0.05, 0) is 42.1 Å². The summed E-state index contributed by atoms with van der Waals surface area (Å²) in [7, 11) is 0. The van der Waals surface area contributed by atoms with E-state index in [4.69, 9.17) is 12.2 Å². The topological polar surface area (TPSA) is 148 Å². The Morgan fingerprint density at radius 3 is 2.19 bits per heavy atom. The van der Waals surface area contributed by atoms with Gasteiger partial charge in [-0.15, -0.1) is 0 Å². The first-order chi connectivity index (χ1) is 12.8. The third kappa shape index (κ3) is 5.57. The van der Waals surface area contributed by atoms with Crippen molar-refractivity contribution in [3.63, 3.8) is 0 Å². The lowest BCUT2D eigenvalue weighted by Crippen LogP contribution is -2.32. The van der Waals surface area contributed by atoms with Crippen molar-refractivity contribution in [2.75, 3.05) is 5.32 Å². The predicted molar refractivity (Wildman–Crippen MR) is 101 cm³/mol. The largest absolute Gasteiger partial charge is 0.506 e. The van der Waals surface area contributed by atoms with Crippen LogP contribution in [0.25, 0.3) is 6.08 Å². The number of hydrogen-bond acceptors (Lipinski definition) is 7. The third-order valence-corrected chi connectivity index (χ3v) is 3.41. The first kappa shape index (κ1) is 19.5. The van der Waals surface area contributed by atoms with E-state index in [1.165, 1.54) is 48.6 Å². The van der Waals surface area contributed by atoms with Crippen molar-refractivity contribution >= 4 is 46.4 Å². The normalized spacial score (nSPS) is 10.4. The Morgan fingerprint density at radius 1 is 1.04 bits per heavy atom. The molecule has 2 rings (SSSR count). The van der Waals surface area contributed by atoms with Crippen LogP contribution >= 0.6 is 12.2 Å². The summed E-state index contributed by atoms with van der Waals surface area (Å²) in [6.07, 6.45) is 2.61. The van der Waals surface area contributed by atoms with E-state index in [-0.39, 0.29) is 22.2 Å². The van der Waals surface area contributed by atoms with Gasteiger partial charge in [0, 0.05) is 24.3 Å². The highest BCUT2D eigenvalue weighted by Gasteiger charge is 2.11. The number of hydrogen-bond donors (Lipinski definition) is 3. The van der Waals surface area contributed by atoms with Gasteiger partial charge < -0.3 is 10.4 Å². The van der Waals surface area contributed by atoms with E-state index in [1.807, 2.05) is 0 Å². The van der Waals surface area contributed by atoms with Crippen LogP contribution in [0.15, 0.2) is 48.5 Å². The van der Waals surface area contributed by atoms with Crippen molar-refractivity contribution in [1.82, 2.24) is 5.32 Å². The molecular formula is C16H12N4O6S. The summed E-state index contributed by atoms with van der Waals surface area (Å²) >= 11 is 4.94. The van der Waals surface area contributed by atoms with Crippen LogP contribution in [0.5, 0.6) is 5.75 Å². The fraction of sp³-hybridized carbons (Fsp3) is 0. The second kappa shape index (κ2) is 8.49. The molecule has 11 heteroatoms. The van der Waals surface area contributed by atoms with Gasteiger partial charge >= 0.3 is 0 Å². The maximum Gasteiger partial charge on any atom is 0.273 e. The zero-order chi connectivity index (χ0) is 20.0. The number of nitro benzene ring substituents is 2. The van der Waals surface area contributed by atoms with Gasteiger partial charge in [-0.2, -0.15) is 0 Å². The molecule has 0 aliphatic rings. The fourth-order valence-electron chi connectivity index (χ4n) is 1.93. The maximum absolute atomic E-state index is 11.8. The van der Waals surface area contributed by atoms with Crippen LogP contribution in [0, 0.1) is 20.2 Å². The zero-order valence-electron chi connectivity index (χ0n) is 13.5. The number of phenols is 1. The molecule has 0 unspecified atom stereocenters. The number of rotatable bonds is 5. The fourth-order valence-corrected chi connectivity index (χ4v) is 2.14. The van der Waals surface area contributed by atoms with Crippen molar-refractivity contribution in [2.45, 2.75) is 0 Å². The molecule has 0 saturated heterocycles. The van der Waals surface area contributed by atoms with Gasteiger partial charge in [0.15, 0.2) is 5.11 Å². The summed E-state index contributed by atoms with van der Waals surface area (Å²) in [6, 6.07) is 8.93. The quantitative estimate of drug-likeness (QED) is 0.233. The number of non-ortho nitro benzene ring substituents is 2. The molecule has 2 aromatic rings. The summed E-state index contributed by atoms with van der Waals surface area (Å²) < 4.78 is 0. The Hall–Kier alpha value is -3.86. The average Bonchev–Trinajstić information content (AvgIpc) is 2.61. The average molecular weight is 388 g/mol. The number of aromatic hydroxyl groups is 1. The standard InChI is InChI=1S/C16H12N4O6S/c21-14-9-12(20(25)26)6-7-13(14)17-16(27)18-15(22)8-3-10-1-4-11(5-2-10)19(23)24/h1-9,21H,(H2,17,18,22,27)/b8-3+. The number of nitrogens with zero attached hydrogens (tertiary/aromatic N) is 2. The molecule has 0 bridgehead atoms. The Kier molecular flexibility index (Phi) is 6.12. The van der Waals surface area contributed by atoms with Crippen molar-refractivity contribution in [3.8, 4) is 5.75 Å². The van der Waals surface area contributed by atoms with Crippen LogP contribution in [0.3, 0.4) is 0 Å². The summed E-state index contributed by atoms with van der Waals surface area (Å²) in [5.41, 5.74) is 0.303. The molecule has 0 heterocycles. The molecule has 0 aliphatic carbocycles. The number of benzene rings is 2. The minimum Gasteiger partial charge on any atom is -0.506 e. The van der Waals surface area contributed by atoms with Crippen LogP contribution in [0.4, 0.5) is 17.1 Å². The van der Waals surface area contributed by atoms with Gasteiger partial charge in [-0.1, -0.05) is 0 Å². The second-order valence-electron chi connectivity index (χ2n) is 5.08. The van der Waals surface area contributed by atoms with Crippen molar-refractivity contribution < 1.29 is 19.7 Å². The number of anilines is 1. The number of carbonyl (C=O) groups excluding carboxylic acids is 1. The van der Waals surface area contributed by atoms with E-state index >= 15 is 0 Å². The summed E-state index contributed by atoms with van der Waals surface area (Å²) in [5, 5.41) is 35.7. The smallest absolute Gasteiger partial charge is 0.273 e. The number of nitro groups is 2. The van der Waals surface area contributed by atoms with Gasteiger partial charge in [0.2, 0.25) is 5.91 Å². The predicted octanol–water partition coefficient (Wildman–Crippen LogP) is 2.74. The number of amides is 1. The van der Waals surface area contributed by atoms with Crippen LogP contribution < -0.4 is 10.6 Å². The zero-order valence-corrected chi connectivity index (χ0v) is 14.3. The van der Waals surface area contributed by atoms with E-state index in [2.05, 4.69) is 10.6 Å². The van der Waals surface area contributed by atoms with E-state index in [0.29, 0.717) is 5.56 Å². The Morgan fingerprint density at radius 2 is 1.63 bits per heavy atom. The van der Waals surface area contributed by atoms with Crippen molar-refractivity contribution in [2.24, 2.45) is 0 Å². The Labute approximate surface area is 157 Å². The molecule has 10 nitrogen and oxygen atoms in total. The number of nitrogens with one attached hydrogen (secondary N) is 2. The Bertz CT molecular complexity index is 942. The first-order valence-electron chi connectivity index (χ1n) is 7.28. The van der Waals surface area contributed by atoms with Gasteiger partial charge in [-0.3, -0.25) is 30.3 Å². The van der Waals surface area contributed by atoms with E-state index in [0.717, 1.165) is 6.07 Å². The lowest BCUT2D eigenvalue weighted by molar-refractivity contribution is -0.385. The molecule has 0 spiro atoms. The lowest BCUT2D eigenvalue weighted by atomic mass is 10.2. The molecule has 3 N–H and O–H groups in total. The monoisotopic (exact) mass is 388 g/mol. The summed E-state index contributed by atoms with van der Waals surface area (Å²) in [5.74, 6) is -0.977. The van der Waals surface area contributed by atoms with Gasteiger partial charge in [0.05, 0.1) is 21.6 Å². The number of thiocarbonyl (C=S) groups is 1. The van der Waals surface area contributed by atoms with Crippen LogP contribution in [-0.2, 0) is 4.79 Å². The summed E-state index contributed by atoms with van der Waals surface area (Å²) in [6.45, 7) is 0.